The molecule has 78 valence electrons. The van der Waals surface area contributed by atoms with E-state index in [9.17, 15) is 4.79 Å². The monoisotopic (exact) mass is 188 g/mol. The fourth-order valence-corrected chi connectivity index (χ4v) is 1.11. The highest BCUT2D eigenvalue weighted by atomic mass is 16.5. The van der Waals surface area contributed by atoms with Gasteiger partial charge in [-0.05, 0) is 20.9 Å². The molecule has 0 fully saturated rings. The number of amides is 1. The fourth-order valence-electron chi connectivity index (χ4n) is 1.11. The zero-order chi connectivity index (χ0) is 10.3. The normalized spacial score (nSPS) is 10.5. The molecule has 0 bridgehead atoms. The topological polar surface area (TPSA) is 41.6 Å². The molecular formula is C9H20N2O2. The lowest BCUT2D eigenvalue weighted by atomic mass is 10.3. The summed E-state index contributed by atoms with van der Waals surface area (Å²) in [5.74, 6) is 0.0488. The zero-order valence-electron chi connectivity index (χ0n) is 8.96. The van der Waals surface area contributed by atoms with Crippen LogP contribution < -0.4 is 5.32 Å². The molecule has 0 heterocycles. The zero-order valence-corrected chi connectivity index (χ0v) is 8.96. The average Bonchev–Trinajstić information content (AvgIpc) is 2.05. The summed E-state index contributed by atoms with van der Waals surface area (Å²) >= 11 is 0. The molecule has 0 rings (SSSR count). The molecule has 0 aromatic rings. The van der Waals surface area contributed by atoms with E-state index in [1.807, 2.05) is 20.9 Å². The Kier molecular flexibility index (Phi) is 6.54. The van der Waals surface area contributed by atoms with Crippen molar-refractivity contribution < 1.29 is 9.53 Å². The fraction of sp³-hybridized carbons (Fsp3) is 0.889. The van der Waals surface area contributed by atoms with Gasteiger partial charge in [-0.1, -0.05) is 0 Å². The number of hydrogen-bond acceptors (Lipinski definition) is 3. The summed E-state index contributed by atoms with van der Waals surface area (Å²) in [5, 5.41) is 3.02. The highest BCUT2D eigenvalue weighted by Gasteiger charge is 2.15. The van der Waals surface area contributed by atoms with Crippen molar-refractivity contribution in [3.8, 4) is 0 Å². The Morgan fingerprint density at radius 2 is 2.15 bits per heavy atom. The van der Waals surface area contributed by atoms with E-state index in [1.165, 1.54) is 7.11 Å². The molecule has 0 aromatic heterocycles. The molecule has 0 saturated carbocycles. The molecule has 0 aliphatic heterocycles. The number of nitrogens with zero attached hydrogens (tertiary/aromatic N) is 1. The summed E-state index contributed by atoms with van der Waals surface area (Å²) in [6.45, 7) is 5.72. The highest BCUT2D eigenvalue weighted by molar-refractivity contribution is 5.77. The smallest absolute Gasteiger partial charge is 0.248 e. The van der Waals surface area contributed by atoms with Crippen LogP contribution in [0.1, 0.15) is 13.8 Å². The van der Waals surface area contributed by atoms with Gasteiger partial charge in [0.1, 0.15) is 6.61 Å². The molecule has 1 amide bonds. The second kappa shape index (κ2) is 6.86. The van der Waals surface area contributed by atoms with Crippen LogP contribution in [0.4, 0.5) is 0 Å². The van der Waals surface area contributed by atoms with Gasteiger partial charge in [0.2, 0.25) is 5.91 Å². The predicted octanol–water partition coefficient (Wildman–Crippen LogP) is 0.0892. The number of methoxy groups -OCH3 is 1. The average molecular weight is 188 g/mol. The van der Waals surface area contributed by atoms with Crippen molar-refractivity contribution in [1.29, 1.82) is 0 Å². The van der Waals surface area contributed by atoms with E-state index in [-0.39, 0.29) is 18.6 Å². The molecule has 0 unspecified atom stereocenters. The van der Waals surface area contributed by atoms with Gasteiger partial charge in [0.05, 0.1) is 0 Å². The summed E-state index contributed by atoms with van der Waals surface area (Å²) in [6.07, 6.45) is 0. The van der Waals surface area contributed by atoms with Gasteiger partial charge < -0.3 is 15.0 Å². The lowest BCUT2D eigenvalue weighted by molar-refractivity contribution is -0.136. The molecule has 0 aromatic carbocycles. The van der Waals surface area contributed by atoms with Crippen LogP contribution >= 0.6 is 0 Å². The number of rotatable bonds is 6. The number of carbonyl (C=O) groups excluding carboxylic acids is 1. The van der Waals surface area contributed by atoms with Gasteiger partial charge in [0, 0.05) is 26.2 Å². The van der Waals surface area contributed by atoms with Crippen molar-refractivity contribution in [2.75, 3.05) is 33.9 Å². The van der Waals surface area contributed by atoms with Crippen LogP contribution in [0.2, 0.25) is 0 Å². The van der Waals surface area contributed by atoms with Crippen molar-refractivity contribution in [2.24, 2.45) is 0 Å². The van der Waals surface area contributed by atoms with E-state index in [2.05, 4.69) is 5.32 Å². The third kappa shape index (κ3) is 4.85. The molecular weight excluding hydrogens is 168 g/mol. The van der Waals surface area contributed by atoms with E-state index >= 15 is 0 Å². The third-order valence-corrected chi connectivity index (χ3v) is 1.81. The Labute approximate surface area is 80.2 Å². The van der Waals surface area contributed by atoms with Gasteiger partial charge in [-0.3, -0.25) is 4.79 Å². The minimum Gasteiger partial charge on any atom is -0.375 e. The molecule has 0 atom stereocenters. The van der Waals surface area contributed by atoms with Crippen molar-refractivity contribution in [1.82, 2.24) is 10.2 Å². The molecule has 0 spiro atoms. The third-order valence-electron chi connectivity index (χ3n) is 1.81. The van der Waals surface area contributed by atoms with Crippen LogP contribution in [0.5, 0.6) is 0 Å². The second-order valence-corrected chi connectivity index (χ2v) is 3.22. The van der Waals surface area contributed by atoms with E-state index in [4.69, 9.17) is 4.74 Å². The number of ether oxygens (including phenoxy) is 1. The first-order valence-corrected chi connectivity index (χ1v) is 4.56. The Hall–Kier alpha value is -0.610. The molecule has 0 saturated heterocycles. The number of likely N-dealkylation sites (N-methyl/N-ethyl adjacent to an activating group) is 1. The summed E-state index contributed by atoms with van der Waals surface area (Å²) in [7, 11) is 3.41. The largest absolute Gasteiger partial charge is 0.375 e. The van der Waals surface area contributed by atoms with Crippen LogP contribution in [-0.4, -0.2) is 50.7 Å². The summed E-state index contributed by atoms with van der Waals surface area (Å²) in [6, 6.07) is 0.232. The van der Waals surface area contributed by atoms with Crippen LogP contribution in [0.3, 0.4) is 0 Å². The Morgan fingerprint density at radius 3 is 2.54 bits per heavy atom. The van der Waals surface area contributed by atoms with Gasteiger partial charge in [0.15, 0.2) is 0 Å². The Balaban J connectivity index is 3.99. The van der Waals surface area contributed by atoms with E-state index in [0.717, 1.165) is 13.1 Å². The summed E-state index contributed by atoms with van der Waals surface area (Å²) < 4.78 is 4.80. The van der Waals surface area contributed by atoms with E-state index < -0.39 is 0 Å². The first-order valence-electron chi connectivity index (χ1n) is 4.56. The summed E-state index contributed by atoms with van der Waals surface area (Å²) in [4.78, 5) is 13.3. The molecule has 0 aliphatic carbocycles. The van der Waals surface area contributed by atoms with Crippen molar-refractivity contribution in [3.05, 3.63) is 0 Å². The van der Waals surface area contributed by atoms with Crippen LogP contribution in [0, 0.1) is 0 Å². The lowest BCUT2D eigenvalue weighted by Gasteiger charge is -2.26. The Morgan fingerprint density at radius 1 is 1.54 bits per heavy atom. The standard InChI is InChI=1S/C9H20N2O2/c1-8(2)11(6-5-10-3)9(12)7-13-4/h8,10H,5-7H2,1-4H3. The van der Waals surface area contributed by atoms with Crippen molar-refractivity contribution in [3.63, 3.8) is 0 Å². The van der Waals surface area contributed by atoms with Gasteiger partial charge in [-0.2, -0.15) is 0 Å². The van der Waals surface area contributed by atoms with Crippen LogP contribution in [0.15, 0.2) is 0 Å². The molecule has 1 N–H and O–H groups in total. The molecule has 4 nitrogen and oxygen atoms in total. The van der Waals surface area contributed by atoms with Gasteiger partial charge >= 0.3 is 0 Å². The molecule has 13 heavy (non-hydrogen) atoms. The maximum absolute atomic E-state index is 11.5. The van der Waals surface area contributed by atoms with E-state index in [0.29, 0.717) is 0 Å². The SMILES string of the molecule is CNCCN(C(=O)COC)C(C)C. The molecule has 0 radical (unpaired) electrons. The number of nitrogens with one attached hydrogen (secondary N) is 1. The van der Waals surface area contributed by atoms with Gasteiger partial charge in [-0.25, -0.2) is 0 Å². The number of carbonyl (C=O) groups is 1. The number of hydrogen-bond donors (Lipinski definition) is 1. The molecule has 4 heteroatoms. The van der Waals surface area contributed by atoms with Gasteiger partial charge in [-0.15, -0.1) is 0 Å². The lowest BCUT2D eigenvalue weighted by Crippen LogP contribution is -2.42. The van der Waals surface area contributed by atoms with Crippen molar-refractivity contribution >= 4 is 5.91 Å². The highest BCUT2D eigenvalue weighted by Crippen LogP contribution is 1.98. The van der Waals surface area contributed by atoms with Gasteiger partial charge in [0.25, 0.3) is 0 Å². The quantitative estimate of drug-likeness (QED) is 0.642. The molecule has 0 aliphatic rings. The van der Waals surface area contributed by atoms with Crippen LogP contribution in [0.25, 0.3) is 0 Å². The minimum absolute atomic E-state index is 0.0488. The summed E-state index contributed by atoms with van der Waals surface area (Å²) in [5.41, 5.74) is 0. The predicted molar refractivity (Wildman–Crippen MR) is 52.7 cm³/mol. The maximum atomic E-state index is 11.5. The second-order valence-electron chi connectivity index (χ2n) is 3.22. The van der Waals surface area contributed by atoms with E-state index in [1.54, 1.807) is 4.90 Å². The van der Waals surface area contributed by atoms with Crippen molar-refractivity contribution in [2.45, 2.75) is 19.9 Å². The maximum Gasteiger partial charge on any atom is 0.248 e. The first-order chi connectivity index (χ1) is 6.13. The Bertz CT molecular complexity index is 149. The first kappa shape index (κ1) is 12.4. The van der Waals surface area contributed by atoms with Crippen LogP contribution in [-0.2, 0) is 9.53 Å². The minimum atomic E-state index is 0.0488.